The van der Waals surface area contributed by atoms with E-state index in [0.29, 0.717) is 0 Å². The Hall–Kier alpha value is -0.130. The molecule has 0 saturated carbocycles. The van der Waals surface area contributed by atoms with E-state index >= 15 is 0 Å². The first kappa shape index (κ1) is 14.9. The molecule has 0 radical (unpaired) electrons. The van der Waals surface area contributed by atoms with Crippen LogP contribution in [0.25, 0.3) is 0 Å². The molecule has 0 aromatic rings. The van der Waals surface area contributed by atoms with Crippen LogP contribution >= 0.6 is 0 Å². The number of hydrogen-bond donors (Lipinski definition) is 1. The normalized spacial score (nSPS) is 21.6. The highest BCUT2D eigenvalue weighted by molar-refractivity contribution is 7.90. The minimum absolute atomic E-state index is 0.118. The summed E-state index contributed by atoms with van der Waals surface area (Å²) in [4.78, 5) is 2.31. The van der Waals surface area contributed by atoms with Gasteiger partial charge >= 0.3 is 0 Å². The van der Waals surface area contributed by atoms with E-state index < -0.39 is 9.84 Å². The summed E-state index contributed by atoms with van der Waals surface area (Å²) in [6, 6.07) is 0. The minimum Gasteiger partial charge on any atom is -0.396 e. The SMILES string of the molecule is CCC1(CO)CCN(CCCS(C)(=O)=O)CC1. The fraction of sp³-hybridized carbons (Fsp3) is 1.00. The molecule has 0 atom stereocenters. The zero-order valence-corrected chi connectivity index (χ0v) is 11.8. The average molecular weight is 263 g/mol. The molecular weight excluding hydrogens is 238 g/mol. The van der Waals surface area contributed by atoms with Crippen LogP contribution in [0.4, 0.5) is 0 Å². The minimum atomic E-state index is -2.82. The zero-order chi connectivity index (χ0) is 12.9. The van der Waals surface area contributed by atoms with Gasteiger partial charge in [-0.2, -0.15) is 0 Å². The highest BCUT2D eigenvalue weighted by Crippen LogP contribution is 2.34. The molecule has 1 rings (SSSR count). The van der Waals surface area contributed by atoms with E-state index in [9.17, 15) is 13.5 Å². The second-order valence-electron chi connectivity index (χ2n) is 5.34. The first-order valence-corrected chi connectivity index (χ1v) is 8.48. The van der Waals surface area contributed by atoms with E-state index in [4.69, 9.17) is 0 Å². The van der Waals surface area contributed by atoms with Gasteiger partial charge in [0, 0.05) is 12.9 Å². The van der Waals surface area contributed by atoms with Crippen molar-refractivity contribution in [1.29, 1.82) is 0 Å². The summed E-state index contributed by atoms with van der Waals surface area (Å²) in [5, 5.41) is 9.41. The predicted molar refractivity (Wildman–Crippen MR) is 69.8 cm³/mol. The molecular formula is C12H25NO3S. The maximum Gasteiger partial charge on any atom is 0.147 e. The smallest absolute Gasteiger partial charge is 0.147 e. The number of aliphatic hydroxyl groups excluding tert-OH is 1. The van der Waals surface area contributed by atoms with Gasteiger partial charge in [-0.15, -0.1) is 0 Å². The number of piperidine rings is 1. The Morgan fingerprint density at radius 3 is 2.29 bits per heavy atom. The first-order chi connectivity index (χ1) is 7.91. The Labute approximate surface area is 105 Å². The molecule has 0 amide bonds. The zero-order valence-electron chi connectivity index (χ0n) is 11.0. The Balaban J connectivity index is 2.28. The molecule has 1 heterocycles. The summed E-state index contributed by atoms with van der Waals surface area (Å²) in [5.41, 5.74) is 0.118. The van der Waals surface area contributed by atoms with E-state index in [1.54, 1.807) is 0 Å². The van der Waals surface area contributed by atoms with Crippen LogP contribution in [0.5, 0.6) is 0 Å². The summed E-state index contributed by atoms with van der Waals surface area (Å²) >= 11 is 0. The number of sulfone groups is 1. The van der Waals surface area contributed by atoms with Gasteiger partial charge in [0.05, 0.1) is 5.75 Å². The predicted octanol–water partition coefficient (Wildman–Crippen LogP) is 0.906. The van der Waals surface area contributed by atoms with Gasteiger partial charge in [0.2, 0.25) is 0 Å². The third-order valence-corrected chi connectivity index (χ3v) is 5.02. The molecule has 0 unspecified atom stereocenters. The third-order valence-electron chi connectivity index (χ3n) is 3.99. The second-order valence-corrected chi connectivity index (χ2v) is 7.60. The second kappa shape index (κ2) is 6.16. The van der Waals surface area contributed by atoms with Crippen molar-refractivity contribution in [2.45, 2.75) is 32.6 Å². The van der Waals surface area contributed by atoms with Gasteiger partial charge in [-0.3, -0.25) is 0 Å². The van der Waals surface area contributed by atoms with E-state index in [2.05, 4.69) is 11.8 Å². The van der Waals surface area contributed by atoms with Gasteiger partial charge in [-0.1, -0.05) is 6.92 Å². The molecule has 0 aliphatic carbocycles. The molecule has 5 heteroatoms. The van der Waals surface area contributed by atoms with Gasteiger partial charge < -0.3 is 10.0 Å². The maximum atomic E-state index is 11.0. The van der Waals surface area contributed by atoms with Crippen LogP contribution in [0.1, 0.15) is 32.6 Å². The van der Waals surface area contributed by atoms with Crippen molar-refractivity contribution in [2.24, 2.45) is 5.41 Å². The molecule has 4 nitrogen and oxygen atoms in total. The summed E-state index contributed by atoms with van der Waals surface area (Å²) in [7, 11) is -2.82. The lowest BCUT2D eigenvalue weighted by Gasteiger charge is -2.40. The molecule has 17 heavy (non-hydrogen) atoms. The number of likely N-dealkylation sites (tertiary alicyclic amines) is 1. The molecule has 1 aliphatic heterocycles. The third kappa shape index (κ3) is 4.94. The van der Waals surface area contributed by atoms with Gasteiger partial charge in [-0.05, 0) is 50.7 Å². The fourth-order valence-electron chi connectivity index (χ4n) is 2.42. The van der Waals surface area contributed by atoms with Crippen molar-refractivity contribution < 1.29 is 13.5 Å². The van der Waals surface area contributed by atoms with E-state index in [1.807, 2.05) is 0 Å². The van der Waals surface area contributed by atoms with Gasteiger partial charge in [0.15, 0.2) is 0 Å². The number of rotatable bonds is 6. The lowest BCUT2D eigenvalue weighted by Crippen LogP contribution is -2.42. The van der Waals surface area contributed by atoms with Crippen molar-refractivity contribution in [3.63, 3.8) is 0 Å². The quantitative estimate of drug-likeness (QED) is 0.774. The highest BCUT2D eigenvalue weighted by Gasteiger charge is 2.31. The number of hydrogen-bond acceptors (Lipinski definition) is 4. The summed E-state index contributed by atoms with van der Waals surface area (Å²) < 4.78 is 22.0. The number of nitrogens with zero attached hydrogens (tertiary/aromatic N) is 1. The van der Waals surface area contributed by atoms with Crippen molar-refractivity contribution in [3.05, 3.63) is 0 Å². The average Bonchev–Trinajstić information content (AvgIpc) is 2.29. The van der Waals surface area contributed by atoms with Gasteiger partial charge in [-0.25, -0.2) is 8.42 Å². The maximum absolute atomic E-state index is 11.0. The van der Waals surface area contributed by atoms with Crippen LogP contribution in [-0.2, 0) is 9.84 Å². The topological polar surface area (TPSA) is 57.6 Å². The Kier molecular flexibility index (Phi) is 5.41. The molecule has 0 spiro atoms. The van der Waals surface area contributed by atoms with Crippen LogP contribution in [0, 0.1) is 5.41 Å². The van der Waals surface area contributed by atoms with Crippen molar-refractivity contribution in [3.8, 4) is 0 Å². The Morgan fingerprint density at radius 2 is 1.88 bits per heavy atom. The molecule has 1 saturated heterocycles. The first-order valence-electron chi connectivity index (χ1n) is 6.42. The van der Waals surface area contributed by atoms with Crippen molar-refractivity contribution >= 4 is 9.84 Å². The van der Waals surface area contributed by atoms with Crippen LogP contribution in [0.3, 0.4) is 0 Å². The van der Waals surface area contributed by atoms with Crippen LogP contribution in [0.15, 0.2) is 0 Å². The lowest BCUT2D eigenvalue weighted by molar-refractivity contribution is 0.0411. The summed E-state index contributed by atoms with van der Waals surface area (Å²) in [6.45, 7) is 5.24. The van der Waals surface area contributed by atoms with Crippen LogP contribution in [-0.4, -0.2) is 56.7 Å². The molecule has 1 aliphatic rings. The molecule has 0 bridgehead atoms. The highest BCUT2D eigenvalue weighted by atomic mass is 32.2. The Morgan fingerprint density at radius 1 is 1.29 bits per heavy atom. The molecule has 0 aromatic heterocycles. The van der Waals surface area contributed by atoms with Gasteiger partial charge in [0.1, 0.15) is 9.84 Å². The number of aliphatic hydroxyl groups is 1. The Bertz CT molecular complexity index is 313. The lowest BCUT2D eigenvalue weighted by atomic mass is 9.77. The fourth-order valence-corrected chi connectivity index (χ4v) is 3.08. The summed E-state index contributed by atoms with van der Waals surface area (Å²) in [5.74, 6) is 0.280. The standard InChI is InChI=1S/C12H25NO3S/c1-3-12(11-14)5-8-13(9-6-12)7-4-10-17(2,15)16/h14H,3-11H2,1-2H3. The van der Waals surface area contributed by atoms with Gasteiger partial charge in [0.25, 0.3) is 0 Å². The van der Waals surface area contributed by atoms with Crippen molar-refractivity contribution in [2.75, 3.05) is 38.2 Å². The van der Waals surface area contributed by atoms with E-state index in [-0.39, 0.29) is 17.8 Å². The molecule has 102 valence electrons. The van der Waals surface area contributed by atoms with Crippen molar-refractivity contribution in [1.82, 2.24) is 4.90 Å². The van der Waals surface area contributed by atoms with E-state index in [1.165, 1.54) is 6.26 Å². The molecule has 1 N–H and O–H groups in total. The summed E-state index contributed by atoms with van der Waals surface area (Å²) in [6.07, 6.45) is 5.09. The monoisotopic (exact) mass is 263 g/mol. The largest absolute Gasteiger partial charge is 0.396 e. The van der Waals surface area contributed by atoms with E-state index in [0.717, 1.165) is 45.3 Å². The molecule has 0 aromatic carbocycles. The van der Waals surface area contributed by atoms with Crippen LogP contribution in [0.2, 0.25) is 0 Å². The molecule has 1 fully saturated rings. The van der Waals surface area contributed by atoms with Crippen LogP contribution < -0.4 is 0 Å².